The molecule has 1 aromatic carbocycles. The minimum Gasteiger partial charge on any atom is -0.368 e. The Morgan fingerprint density at radius 2 is 1.71 bits per heavy atom. The van der Waals surface area contributed by atoms with Gasteiger partial charge in [-0.1, -0.05) is 0 Å². The molecule has 4 amide bonds. The molecule has 8 nitrogen and oxygen atoms in total. The second-order valence-electron chi connectivity index (χ2n) is 7.44. The summed E-state index contributed by atoms with van der Waals surface area (Å²) in [5.41, 5.74) is 0.354. The maximum Gasteiger partial charge on any atom is 0.262 e. The SMILES string of the molecule is CN1CCCN(c2cc3c(cc2F)C(=O)N(C2CCC(=O)NC2=O)C3=O)CC1. The van der Waals surface area contributed by atoms with Crippen molar-refractivity contribution in [3.8, 4) is 0 Å². The number of hydrogen-bond acceptors (Lipinski definition) is 6. The molecule has 9 heteroatoms. The Hall–Kier alpha value is -2.81. The van der Waals surface area contributed by atoms with Gasteiger partial charge >= 0.3 is 0 Å². The van der Waals surface area contributed by atoms with Crippen molar-refractivity contribution in [1.29, 1.82) is 0 Å². The molecule has 148 valence electrons. The second kappa shape index (κ2) is 6.97. The van der Waals surface area contributed by atoms with Crippen molar-refractivity contribution in [3.63, 3.8) is 0 Å². The lowest BCUT2D eigenvalue weighted by Crippen LogP contribution is -2.54. The number of anilines is 1. The predicted octanol–water partition coefficient (Wildman–Crippen LogP) is 0.369. The highest BCUT2D eigenvalue weighted by Crippen LogP contribution is 2.32. The number of piperidine rings is 1. The van der Waals surface area contributed by atoms with Crippen molar-refractivity contribution in [3.05, 3.63) is 29.1 Å². The van der Waals surface area contributed by atoms with Gasteiger partial charge in [-0.25, -0.2) is 4.39 Å². The van der Waals surface area contributed by atoms with Gasteiger partial charge in [-0.05, 0) is 38.6 Å². The van der Waals surface area contributed by atoms with Crippen LogP contribution in [0, 0.1) is 5.82 Å². The van der Waals surface area contributed by atoms with Crippen LogP contribution in [-0.4, -0.2) is 72.7 Å². The molecule has 3 aliphatic rings. The van der Waals surface area contributed by atoms with Gasteiger partial charge in [0.25, 0.3) is 11.8 Å². The summed E-state index contributed by atoms with van der Waals surface area (Å²) in [5.74, 6) is -2.99. The Morgan fingerprint density at radius 3 is 2.43 bits per heavy atom. The number of fused-ring (bicyclic) bond motifs is 1. The first-order valence-electron chi connectivity index (χ1n) is 9.35. The Bertz CT molecular complexity index is 887. The maximum absolute atomic E-state index is 14.8. The molecule has 1 atom stereocenters. The number of carbonyl (C=O) groups is 4. The molecule has 2 saturated heterocycles. The number of nitrogens with zero attached hydrogens (tertiary/aromatic N) is 3. The summed E-state index contributed by atoms with van der Waals surface area (Å²) in [5, 5.41) is 2.15. The highest BCUT2D eigenvalue weighted by Gasteiger charge is 2.45. The van der Waals surface area contributed by atoms with E-state index >= 15 is 0 Å². The van der Waals surface area contributed by atoms with Crippen molar-refractivity contribution in [1.82, 2.24) is 15.1 Å². The van der Waals surface area contributed by atoms with Crippen molar-refractivity contribution in [2.24, 2.45) is 0 Å². The van der Waals surface area contributed by atoms with Crippen LogP contribution in [0.4, 0.5) is 10.1 Å². The Kier molecular flexibility index (Phi) is 4.62. The highest BCUT2D eigenvalue weighted by molar-refractivity contribution is 6.23. The van der Waals surface area contributed by atoms with Gasteiger partial charge in [0.15, 0.2) is 0 Å². The van der Waals surface area contributed by atoms with Crippen molar-refractivity contribution in [2.75, 3.05) is 38.1 Å². The minimum atomic E-state index is -1.05. The molecule has 4 rings (SSSR count). The van der Waals surface area contributed by atoms with E-state index in [1.165, 1.54) is 6.07 Å². The summed E-state index contributed by atoms with van der Waals surface area (Å²) in [6.45, 7) is 2.94. The Balaban J connectivity index is 1.65. The predicted molar refractivity (Wildman–Crippen MR) is 97.4 cm³/mol. The molecular weight excluding hydrogens is 367 g/mol. The fraction of sp³-hybridized carbons (Fsp3) is 0.474. The molecule has 0 aliphatic carbocycles. The number of benzene rings is 1. The Morgan fingerprint density at radius 1 is 1.00 bits per heavy atom. The van der Waals surface area contributed by atoms with E-state index in [9.17, 15) is 23.6 Å². The van der Waals surface area contributed by atoms with E-state index in [0.29, 0.717) is 18.8 Å². The minimum absolute atomic E-state index is 0.0390. The topological polar surface area (TPSA) is 90.0 Å². The van der Waals surface area contributed by atoms with E-state index in [1.807, 2.05) is 11.9 Å². The third kappa shape index (κ3) is 3.05. The fourth-order valence-electron chi connectivity index (χ4n) is 4.01. The zero-order valence-electron chi connectivity index (χ0n) is 15.5. The number of halogens is 1. The summed E-state index contributed by atoms with van der Waals surface area (Å²) < 4.78 is 14.8. The zero-order valence-corrected chi connectivity index (χ0v) is 15.5. The zero-order chi connectivity index (χ0) is 20.0. The largest absolute Gasteiger partial charge is 0.368 e. The van der Waals surface area contributed by atoms with Crippen LogP contribution in [0.3, 0.4) is 0 Å². The van der Waals surface area contributed by atoms with Crippen LogP contribution in [0.15, 0.2) is 12.1 Å². The van der Waals surface area contributed by atoms with E-state index in [1.54, 1.807) is 0 Å². The number of likely N-dealkylation sites (N-methyl/N-ethyl adjacent to an activating group) is 1. The van der Waals surface area contributed by atoms with Crippen LogP contribution in [0.2, 0.25) is 0 Å². The molecular formula is C19H21FN4O4. The van der Waals surface area contributed by atoms with Gasteiger partial charge in [0.2, 0.25) is 11.8 Å². The third-order valence-electron chi connectivity index (χ3n) is 5.57. The molecule has 3 aliphatic heterocycles. The molecule has 28 heavy (non-hydrogen) atoms. The molecule has 1 N–H and O–H groups in total. The first kappa shape index (κ1) is 18.5. The molecule has 0 spiro atoms. The van der Waals surface area contributed by atoms with Crippen LogP contribution in [-0.2, 0) is 9.59 Å². The number of hydrogen-bond donors (Lipinski definition) is 1. The summed E-state index contributed by atoms with van der Waals surface area (Å²) in [6.07, 6.45) is 0.983. The molecule has 1 aromatic rings. The average molecular weight is 388 g/mol. The highest BCUT2D eigenvalue weighted by atomic mass is 19.1. The molecule has 3 heterocycles. The maximum atomic E-state index is 14.8. The van der Waals surface area contributed by atoms with Crippen LogP contribution in [0.1, 0.15) is 40.0 Å². The first-order chi connectivity index (χ1) is 13.4. The van der Waals surface area contributed by atoms with Crippen molar-refractivity contribution < 1.29 is 23.6 Å². The lowest BCUT2D eigenvalue weighted by atomic mass is 10.0. The van der Waals surface area contributed by atoms with Crippen molar-refractivity contribution in [2.45, 2.75) is 25.3 Å². The number of imide groups is 2. The molecule has 0 radical (unpaired) electrons. The lowest BCUT2D eigenvalue weighted by molar-refractivity contribution is -0.136. The molecule has 0 aromatic heterocycles. The molecule has 0 bridgehead atoms. The van der Waals surface area contributed by atoms with Crippen molar-refractivity contribution >= 4 is 29.3 Å². The lowest BCUT2D eigenvalue weighted by Gasteiger charge is -2.27. The standard InChI is InChI=1S/C19H21FN4O4/c1-22-5-2-6-23(8-7-22)15-10-12-11(9-13(15)20)18(27)24(19(12)28)14-3-4-16(25)21-17(14)26/h9-10,14H,2-8H2,1H3,(H,21,25,26). The third-order valence-corrected chi connectivity index (χ3v) is 5.57. The average Bonchev–Trinajstić information content (AvgIpc) is 2.78. The van der Waals surface area contributed by atoms with E-state index in [-0.39, 0.29) is 24.0 Å². The van der Waals surface area contributed by atoms with Crippen LogP contribution in [0.25, 0.3) is 0 Å². The van der Waals surface area contributed by atoms with Gasteiger partial charge in [-0.2, -0.15) is 0 Å². The molecule has 2 fully saturated rings. The van der Waals surface area contributed by atoms with Gasteiger partial charge in [-0.3, -0.25) is 29.4 Å². The van der Waals surface area contributed by atoms with E-state index in [4.69, 9.17) is 0 Å². The summed E-state index contributed by atoms with van der Waals surface area (Å²) in [6, 6.07) is 1.46. The van der Waals surface area contributed by atoms with Crippen LogP contribution >= 0.6 is 0 Å². The van der Waals surface area contributed by atoms with Crippen LogP contribution < -0.4 is 10.2 Å². The second-order valence-corrected chi connectivity index (χ2v) is 7.44. The molecule has 0 saturated carbocycles. The smallest absolute Gasteiger partial charge is 0.262 e. The fourth-order valence-corrected chi connectivity index (χ4v) is 4.01. The quantitative estimate of drug-likeness (QED) is 0.737. The summed E-state index contributed by atoms with van der Waals surface area (Å²) in [7, 11) is 2.00. The first-order valence-corrected chi connectivity index (χ1v) is 9.35. The van der Waals surface area contributed by atoms with Gasteiger partial charge in [0.1, 0.15) is 11.9 Å². The van der Waals surface area contributed by atoms with Gasteiger partial charge in [0, 0.05) is 26.1 Å². The number of nitrogens with one attached hydrogen (secondary N) is 1. The van der Waals surface area contributed by atoms with E-state index in [2.05, 4.69) is 10.2 Å². The normalized spacial score (nSPS) is 23.7. The number of amides is 4. The number of carbonyl (C=O) groups excluding carboxylic acids is 4. The van der Waals surface area contributed by atoms with Gasteiger partial charge in [0.05, 0.1) is 16.8 Å². The number of rotatable bonds is 2. The van der Waals surface area contributed by atoms with Gasteiger partial charge < -0.3 is 9.80 Å². The monoisotopic (exact) mass is 388 g/mol. The summed E-state index contributed by atoms with van der Waals surface area (Å²) in [4.78, 5) is 54.0. The van der Waals surface area contributed by atoms with E-state index in [0.717, 1.165) is 30.5 Å². The van der Waals surface area contributed by atoms with Gasteiger partial charge in [-0.15, -0.1) is 0 Å². The molecule has 1 unspecified atom stereocenters. The Labute approximate surface area is 161 Å². The summed E-state index contributed by atoms with van der Waals surface area (Å²) >= 11 is 0. The van der Waals surface area contributed by atoms with E-state index < -0.39 is 35.5 Å². The van der Waals surface area contributed by atoms with Crippen LogP contribution in [0.5, 0.6) is 0 Å².